The number of hydrogen-bond donors (Lipinski definition) is 2. The average Bonchev–Trinajstić information content (AvgIpc) is 2.30. The second-order valence-corrected chi connectivity index (χ2v) is 4.36. The van der Waals surface area contributed by atoms with E-state index in [0.29, 0.717) is 10.9 Å². The van der Waals surface area contributed by atoms with E-state index >= 15 is 0 Å². The lowest BCUT2D eigenvalue weighted by atomic mass is 9.90. The van der Waals surface area contributed by atoms with Crippen LogP contribution in [-0.4, -0.2) is 17.8 Å². The van der Waals surface area contributed by atoms with E-state index in [0.717, 1.165) is 17.7 Å². The molecule has 0 radical (unpaired) electrons. The van der Waals surface area contributed by atoms with Crippen molar-refractivity contribution in [3.05, 3.63) is 34.9 Å². The van der Waals surface area contributed by atoms with Gasteiger partial charge < -0.3 is 5.73 Å². The van der Waals surface area contributed by atoms with Crippen LogP contribution in [0.3, 0.4) is 0 Å². The number of benzene rings is 1. The highest BCUT2D eigenvalue weighted by Crippen LogP contribution is 2.24. The zero-order valence-corrected chi connectivity index (χ0v) is 10.4. The normalized spacial score (nSPS) is 24.2. The molecule has 0 saturated heterocycles. The Morgan fingerprint density at radius 2 is 1.88 bits per heavy atom. The number of hydrogen-bond acceptors (Lipinski definition) is 4. The molecule has 2 atom stereocenters. The molecule has 2 rings (SSSR count). The van der Waals surface area contributed by atoms with Crippen LogP contribution in [0.2, 0.25) is 5.02 Å². The molecule has 0 aromatic heterocycles. The number of nitrogens with zero attached hydrogens (tertiary/aromatic N) is 2. The minimum absolute atomic E-state index is 0.0722. The summed E-state index contributed by atoms with van der Waals surface area (Å²) in [4.78, 5) is 8.44. The summed E-state index contributed by atoms with van der Waals surface area (Å²) in [6.45, 7) is 2.03. The Morgan fingerprint density at radius 3 is 2.47 bits per heavy atom. The number of aliphatic imine (C=N–C) groups is 2. The predicted molar refractivity (Wildman–Crippen MR) is 71.5 cm³/mol. The summed E-state index contributed by atoms with van der Waals surface area (Å²) in [6.07, 6.45) is 0.241. The van der Waals surface area contributed by atoms with E-state index < -0.39 is 6.29 Å². The third-order valence-corrected chi connectivity index (χ3v) is 3.03. The lowest BCUT2D eigenvalue weighted by Gasteiger charge is -2.24. The predicted octanol–water partition coefficient (Wildman–Crippen LogP) is 1.89. The summed E-state index contributed by atoms with van der Waals surface area (Å²) in [5, 5.41) is 0.701. The van der Waals surface area contributed by atoms with Gasteiger partial charge in [-0.1, -0.05) is 30.7 Å². The van der Waals surface area contributed by atoms with Crippen molar-refractivity contribution in [2.75, 3.05) is 0 Å². The summed E-state index contributed by atoms with van der Waals surface area (Å²) in [7, 11) is 0. The zero-order chi connectivity index (χ0) is 12.4. The molecule has 1 heterocycles. The molecule has 2 unspecified atom stereocenters. The number of rotatable bonds is 2. The van der Waals surface area contributed by atoms with Gasteiger partial charge in [0.05, 0.1) is 5.92 Å². The van der Waals surface area contributed by atoms with Crippen molar-refractivity contribution in [3.63, 3.8) is 0 Å². The van der Waals surface area contributed by atoms with Crippen molar-refractivity contribution in [3.8, 4) is 0 Å². The Bertz CT molecular complexity index is 464. The Labute approximate surface area is 105 Å². The summed E-state index contributed by atoms with van der Waals surface area (Å²) in [5.41, 5.74) is 13.7. The number of amidine groups is 1. The first kappa shape index (κ1) is 12.1. The van der Waals surface area contributed by atoms with Crippen molar-refractivity contribution in [1.82, 2.24) is 0 Å². The molecule has 1 aromatic rings. The molecular weight excluding hydrogens is 236 g/mol. The Balaban J connectivity index is 2.39. The molecule has 0 amide bonds. The van der Waals surface area contributed by atoms with Crippen LogP contribution >= 0.6 is 11.6 Å². The second kappa shape index (κ2) is 4.85. The van der Waals surface area contributed by atoms with Crippen molar-refractivity contribution < 1.29 is 0 Å². The van der Waals surface area contributed by atoms with E-state index in [9.17, 15) is 0 Å². The largest absolute Gasteiger partial charge is 0.387 e. The number of nitrogens with two attached hydrogens (primary N) is 2. The molecule has 0 saturated carbocycles. The highest BCUT2D eigenvalue weighted by Gasteiger charge is 2.25. The molecule has 1 aliphatic heterocycles. The summed E-state index contributed by atoms with van der Waals surface area (Å²) in [5.74, 6) is 0.448. The summed E-state index contributed by atoms with van der Waals surface area (Å²) in [6, 6.07) is 7.56. The molecular formula is C12H15ClN4. The first-order chi connectivity index (χ1) is 8.11. The van der Waals surface area contributed by atoms with Crippen LogP contribution in [-0.2, 0) is 0 Å². The Hall–Kier alpha value is -1.39. The van der Waals surface area contributed by atoms with Crippen LogP contribution < -0.4 is 11.5 Å². The maximum atomic E-state index is 5.96. The van der Waals surface area contributed by atoms with Crippen LogP contribution in [0, 0.1) is 0 Å². The molecule has 17 heavy (non-hydrogen) atoms. The van der Waals surface area contributed by atoms with Crippen LogP contribution in [0.5, 0.6) is 0 Å². The molecule has 90 valence electrons. The van der Waals surface area contributed by atoms with E-state index in [1.54, 1.807) is 0 Å². The fraction of sp³-hybridized carbons (Fsp3) is 0.333. The third kappa shape index (κ3) is 2.48. The molecule has 0 fully saturated rings. The van der Waals surface area contributed by atoms with Gasteiger partial charge >= 0.3 is 0 Å². The van der Waals surface area contributed by atoms with Gasteiger partial charge in [0, 0.05) is 10.7 Å². The second-order valence-electron chi connectivity index (χ2n) is 3.93. The monoisotopic (exact) mass is 250 g/mol. The quantitative estimate of drug-likeness (QED) is 0.841. The van der Waals surface area contributed by atoms with E-state index in [1.165, 1.54) is 0 Å². The van der Waals surface area contributed by atoms with Crippen LogP contribution in [0.1, 0.15) is 24.8 Å². The fourth-order valence-corrected chi connectivity index (χ4v) is 2.11. The van der Waals surface area contributed by atoms with Crippen LogP contribution in [0.4, 0.5) is 0 Å². The van der Waals surface area contributed by atoms with Crippen molar-refractivity contribution in [2.24, 2.45) is 21.5 Å². The van der Waals surface area contributed by atoms with Gasteiger partial charge in [0.25, 0.3) is 0 Å². The van der Waals surface area contributed by atoms with Gasteiger partial charge in [-0.25, -0.2) is 4.99 Å². The van der Waals surface area contributed by atoms with Crippen molar-refractivity contribution >= 4 is 23.1 Å². The molecule has 0 aliphatic carbocycles. The van der Waals surface area contributed by atoms with Gasteiger partial charge in [-0.05, 0) is 24.1 Å². The van der Waals surface area contributed by atoms with Crippen molar-refractivity contribution in [2.45, 2.75) is 25.6 Å². The summed E-state index contributed by atoms with van der Waals surface area (Å²) < 4.78 is 0. The standard InChI is InChI=1S/C12H15ClN4/c1-2-9-10(11(14)17-12(15)16-9)7-3-5-8(13)6-4-7/h3-6,10,12H,2,15H2,1H3,(H2,14,17). The summed E-state index contributed by atoms with van der Waals surface area (Å²) >= 11 is 5.87. The molecule has 4 nitrogen and oxygen atoms in total. The van der Waals surface area contributed by atoms with Gasteiger partial charge in [0.1, 0.15) is 5.84 Å². The van der Waals surface area contributed by atoms with E-state index in [1.807, 2.05) is 31.2 Å². The molecule has 1 aliphatic rings. The highest BCUT2D eigenvalue weighted by molar-refractivity contribution is 6.30. The number of halogens is 1. The first-order valence-corrected chi connectivity index (χ1v) is 5.90. The highest BCUT2D eigenvalue weighted by atomic mass is 35.5. The molecule has 1 aromatic carbocycles. The molecule has 5 heteroatoms. The van der Waals surface area contributed by atoms with E-state index in [4.69, 9.17) is 23.1 Å². The Morgan fingerprint density at radius 1 is 1.24 bits per heavy atom. The van der Waals surface area contributed by atoms with Gasteiger partial charge in [-0.2, -0.15) is 0 Å². The SMILES string of the molecule is CCC1=NC(N)N=C(N)C1c1ccc(Cl)cc1. The average molecular weight is 251 g/mol. The zero-order valence-electron chi connectivity index (χ0n) is 9.60. The fourth-order valence-electron chi connectivity index (χ4n) is 1.99. The third-order valence-electron chi connectivity index (χ3n) is 2.77. The minimum atomic E-state index is -0.562. The maximum Gasteiger partial charge on any atom is 0.193 e. The van der Waals surface area contributed by atoms with Gasteiger partial charge in [-0.3, -0.25) is 10.7 Å². The lowest BCUT2D eigenvalue weighted by Crippen LogP contribution is -2.36. The van der Waals surface area contributed by atoms with Crippen LogP contribution in [0.25, 0.3) is 0 Å². The smallest absolute Gasteiger partial charge is 0.193 e. The van der Waals surface area contributed by atoms with Gasteiger partial charge in [-0.15, -0.1) is 0 Å². The van der Waals surface area contributed by atoms with E-state index in [2.05, 4.69) is 9.98 Å². The minimum Gasteiger partial charge on any atom is -0.387 e. The molecule has 4 N–H and O–H groups in total. The van der Waals surface area contributed by atoms with Gasteiger partial charge in [0.2, 0.25) is 0 Å². The topological polar surface area (TPSA) is 76.8 Å². The first-order valence-electron chi connectivity index (χ1n) is 5.52. The molecule has 0 bridgehead atoms. The Kier molecular flexibility index (Phi) is 3.45. The maximum absolute atomic E-state index is 5.96. The molecule has 0 spiro atoms. The van der Waals surface area contributed by atoms with Gasteiger partial charge in [0.15, 0.2) is 6.29 Å². The van der Waals surface area contributed by atoms with Crippen molar-refractivity contribution in [1.29, 1.82) is 0 Å². The van der Waals surface area contributed by atoms with E-state index in [-0.39, 0.29) is 5.92 Å². The lowest BCUT2D eigenvalue weighted by molar-refractivity contribution is 0.723. The van der Waals surface area contributed by atoms with Crippen LogP contribution in [0.15, 0.2) is 34.3 Å².